The average molecular weight is 248 g/mol. The van der Waals surface area contributed by atoms with Crippen LogP contribution in [0.3, 0.4) is 0 Å². The fourth-order valence-electron chi connectivity index (χ4n) is 2.85. The smallest absolute Gasteiger partial charge is 0.123 e. The first kappa shape index (κ1) is 13.4. The average Bonchev–Trinajstić information content (AvgIpc) is 2.46. The van der Waals surface area contributed by atoms with Gasteiger partial charge >= 0.3 is 0 Å². The van der Waals surface area contributed by atoms with Crippen molar-refractivity contribution < 1.29 is 4.74 Å². The molecule has 1 heterocycles. The van der Waals surface area contributed by atoms with E-state index in [9.17, 15) is 0 Å². The minimum Gasteiger partial charge on any atom is -0.496 e. The number of nitrogens with zero attached hydrogens (tertiary/aromatic N) is 1. The molecule has 0 spiro atoms. The third-order valence-corrected chi connectivity index (χ3v) is 4.02. The van der Waals surface area contributed by atoms with Crippen molar-refractivity contribution in [2.45, 2.75) is 25.8 Å². The molecular weight excluding hydrogens is 224 g/mol. The van der Waals surface area contributed by atoms with Gasteiger partial charge in [0.2, 0.25) is 0 Å². The summed E-state index contributed by atoms with van der Waals surface area (Å²) in [6.07, 6.45) is 2.52. The third-order valence-electron chi connectivity index (χ3n) is 4.02. The molecule has 2 rings (SSSR count). The van der Waals surface area contributed by atoms with Crippen LogP contribution in [0.1, 0.15) is 31.4 Å². The van der Waals surface area contributed by atoms with E-state index in [0.717, 1.165) is 25.4 Å². The predicted molar refractivity (Wildman–Crippen MR) is 74.8 cm³/mol. The molecule has 2 atom stereocenters. The van der Waals surface area contributed by atoms with Crippen LogP contribution >= 0.6 is 0 Å². The Labute approximate surface area is 110 Å². The molecule has 1 aliphatic heterocycles. The van der Waals surface area contributed by atoms with E-state index in [2.05, 4.69) is 24.0 Å². The molecule has 3 nitrogen and oxygen atoms in total. The quantitative estimate of drug-likeness (QED) is 0.889. The van der Waals surface area contributed by atoms with E-state index in [-0.39, 0.29) is 0 Å². The number of benzene rings is 1. The molecule has 0 radical (unpaired) electrons. The van der Waals surface area contributed by atoms with E-state index in [1.807, 2.05) is 12.1 Å². The lowest BCUT2D eigenvalue weighted by atomic mass is 9.95. The number of likely N-dealkylation sites (tertiary alicyclic amines) is 1. The molecule has 0 aliphatic carbocycles. The van der Waals surface area contributed by atoms with Gasteiger partial charge in [0, 0.05) is 18.2 Å². The summed E-state index contributed by atoms with van der Waals surface area (Å²) < 4.78 is 5.46. The summed E-state index contributed by atoms with van der Waals surface area (Å²) in [5.41, 5.74) is 7.08. The molecule has 1 aromatic rings. The summed E-state index contributed by atoms with van der Waals surface area (Å²) in [4.78, 5) is 2.53. The third kappa shape index (κ3) is 2.85. The molecule has 100 valence electrons. The number of ether oxygens (including phenoxy) is 1. The van der Waals surface area contributed by atoms with Gasteiger partial charge in [0.15, 0.2) is 0 Å². The predicted octanol–water partition coefficient (Wildman–Crippen LogP) is 2.43. The van der Waals surface area contributed by atoms with Gasteiger partial charge in [-0.1, -0.05) is 18.2 Å². The maximum atomic E-state index is 5.81. The number of rotatable bonds is 4. The summed E-state index contributed by atoms with van der Waals surface area (Å²) >= 11 is 0. The first-order valence-electron chi connectivity index (χ1n) is 6.83. The molecule has 0 aromatic heterocycles. The molecule has 1 saturated heterocycles. The summed E-state index contributed by atoms with van der Waals surface area (Å²) in [7, 11) is 1.74. The Balaban J connectivity index is 2.12. The van der Waals surface area contributed by atoms with E-state index < -0.39 is 0 Å². The molecule has 3 heteroatoms. The molecule has 0 saturated carbocycles. The second kappa shape index (κ2) is 6.21. The zero-order valence-corrected chi connectivity index (χ0v) is 11.4. The molecule has 0 amide bonds. The number of hydrogen-bond donors (Lipinski definition) is 1. The number of piperidine rings is 1. The highest BCUT2D eigenvalue weighted by molar-refractivity contribution is 5.35. The van der Waals surface area contributed by atoms with Crippen molar-refractivity contribution in [3.63, 3.8) is 0 Å². The van der Waals surface area contributed by atoms with Crippen LogP contribution < -0.4 is 10.5 Å². The van der Waals surface area contributed by atoms with Gasteiger partial charge in [-0.25, -0.2) is 0 Å². The van der Waals surface area contributed by atoms with Gasteiger partial charge in [-0.3, -0.25) is 4.90 Å². The lowest BCUT2D eigenvalue weighted by Crippen LogP contribution is -2.39. The SMILES string of the molecule is COc1ccccc1C(C)N1CCCC(CN)C1. The lowest BCUT2D eigenvalue weighted by molar-refractivity contribution is 0.133. The monoisotopic (exact) mass is 248 g/mol. The maximum Gasteiger partial charge on any atom is 0.123 e. The summed E-state index contributed by atoms with van der Waals surface area (Å²) in [5.74, 6) is 1.63. The molecule has 18 heavy (non-hydrogen) atoms. The molecule has 0 bridgehead atoms. The van der Waals surface area contributed by atoms with Gasteiger partial charge in [-0.2, -0.15) is 0 Å². The van der Waals surface area contributed by atoms with E-state index >= 15 is 0 Å². The van der Waals surface area contributed by atoms with Crippen molar-refractivity contribution in [3.8, 4) is 5.75 Å². The van der Waals surface area contributed by atoms with Crippen molar-refractivity contribution in [2.75, 3.05) is 26.7 Å². The highest BCUT2D eigenvalue weighted by atomic mass is 16.5. The minimum absolute atomic E-state index is 0.399. The van der Waals surface area contributed by atoms with Crippen LogP contribution in [0.5, 0.6) is 5.75 Å². The highest BCUT2D eigenvalue weighted by Gasteiger charge is 2.24. The Kier molecular flexibility index (Phi) is 4.61. The molecule has 1 fully saturated rings. The number of methoxy groups -OCH3 is 1. The fraction of sp³-hybridized carbons (Fsp3) is 0.600. The maximum absolute atomic E-state index is 5.81. The van der Waals surface area contributed by atoms with Gasteiger partial charge in [0.1, 0.15) is 5.75 Å². The van der Waals surface area contributed by atoms with Gasteiger partial charge in [0.05, 0.1) is 7.11 Å². The van der Waals surface area contributed by atoms with Crippen molar-refractivity contribution in [3.05, 3.63) is 29.8 Å². The van der Waals surface area contributed by atoms with Crippen LogP contribution in [0.25, 0.3) is 0 Å². The Bertz CT molecular complexity index is 381. The van der Waals surface area contributed by atoms with E-state index in [1.165, 1.54) is 18.4 Å². The largest absolute Gasteiger partial charge is 0.496 e. The Hall–Kier alpha value is -1.06. The number of para-hydroxylation sites is 1. The second-order valence-corrected chi connectivity index (χ2v) is 5.16. The van der Waals surface area contributed by atoms with Crippen LogP contribution in [0.2, 0.25) is 0 Å². The van der Waals surface area contributed by atoms with Crippen molar-refractivity contribution in [1.29, 1.82) is 0 Å². The molecule has 2 unspecified atom stereocenters. The summed E-state index contributed by atoms with van der Waals surface area (Å²) in [6, 6.07) is 8.70. The van der Waals surface area contributed by atoms with E-state index in [1.54, 1.807) is 7.11 Å². The van der Waals surface area contributed by atoms with Crippen molar-refractivity contribution in [1.82, 2.24) is 4.90 Å². The zero-order valence-electron chi connectivity index (χ0n) is 11.4. The van der Waals surface area contributed by atoms with Gasteiger partial charge in [0.25, 0.3) is 0 Å². The number of nitrogens with two attached hydrogens (primary N) is 1. The van der Waals surface area contributed by atoms with Crippen LogP contribution in [0.4, 0.5) is 0 Å². The molecule has 2 N–H and O–H groups in total. The van der Waals surface area contributed by atoms with Gasteiger partial charge < -0.3 is 10.5 Å². The lowest BCUT2D eigenvalue weighted by Gasteiger charge is -2.37. The first-order valence-corrected chi connectivity index (χ1v) is 6.83. The highest BCUT2D eigenvalue weighted by Crippen LogP contribution is 2.31. The topological polar surface area (TPSA) is 38.5 Å². The molecule has 1 aliphatic rings. The van der Waals surface area contributed by atoms with Crippen LogP contribution in [-0.4, -0.2) is 31.6 Å². The minimum atomic E-state index is 0.399. The first-order chi connectivity index (χ1) is 8.76. The molecule has 1 aromatic carbocycles. The second-order valence-electron chi connectivity index (χ2n) is 5.16. The van der Waals surface area contributed by atoms with Gasteiger partial charge in [-0.15, -0.1) is 0 Å². The van der Waals surface area contributed by atoms with Crippen molar-refractivity contribution in [2.24, 2.45) is 11.7 Å². The van der Waals surface area contributed by atoms with Crippen LogP contribution in [-0.2, 0) is 0 Å². The Morgan fingerprint density at radius 3 is 2.94 bits per heavy atom. The van der Waals surface area contributed by atoms with E-state index in [4.69, 9.17) is 10.5 Å². The summed E-state index contributed by atoms with van der Waals surface area (Å²) in [6.45, 7) is 5.33. The van der Waals surface area contributed by atoms with Crippen LogP contribution in [0.15, 0.2) is 24.3 Å². The standard InChI is InChI=1S/C15H24N2O/c1-12(14-7-3-4-8-15(14)18-2)17-9-5-6-13(10-16)11-17/h3-4,7-8,12-13H,5-6,9-11,16H2,1-2H3. The Morgan fingerprint density at radius 2 is 2.22 bits per heavy atom. The zero-order chi connectivity index (χ0) is 13.0. The molecular formula is C15H24N2O. The number of hydrogen-bond acceptors (Lipinski definition) is 3. The Morgan fingerprint density at radius 1 is 1.44 bits per heavy atom. The fourth-order valence-corrected chi connectivity index (χ4v) is 2.85. The van der Waals surface area contributed by atoms with Gasteiger partial charge in [-0.05, 0) is 44.8 Å². The normalized spacial score (nSPS) is 22.7. The van der Waals surface area contributed by atoms with Crippen molar-refractivity contribution >= 4 is 0 Å². The summed E-state index contributed by atoms with van der Waals surface area (Å²) in [5, 5.41) is 0. The van der Waals surface area contributed by atoms with Crippen LogP contribution in [0, 0.1) is 5.92 Å². The van der Waals surface area contributed by atoms with E-state index in [0.29, 0.717) is 12.0 Å².